The van der Waals surface area contributed by atoms with E-state index in [1.54, 1.807) is 4.90 Å². The van der Waals surface area contributed by atoms with Gasteiger partial charge in [-0.05, 0) is 55.0 Å². The van der Waals surface area contributed by atoms with Crippen LogP contribution in [0.15, 0.2) is 42.5 Å². The zero-order chi connectivity index (χ0) is 25.0. The summed E-state index contributed by atoms with van der Waals surface area (Å²) in [5.41, 5.74) is 1.39. The zero-order valence-corrected chi connectivity index (χ0v) is 21.0. The Morgan fingerprint density at radius 2 is 1.94 bits per heavy atom. The van der Waals surface area contributed by atoms with E-state index in [1.165, 1.54) is 6.42 Å². The Bertz CT molecular complexity index is 1350. The second-order valence-corrected chi connectivity index (χ2v) is 10.7. The van der Waals surface area contributed by atoms with Crippen LogP contribution >= 0.6 is 0 Å². The fourth-order valence-electron chi connectivity index (χ4n) is 5.91. The average Bonchev–Trinajstić information content (AvgIpc) is 3.49. The first-order valence-electron chi connectivity index (χ1n) is 12.8. The molecule has 0 radical (unpaired) electrons. The number of hydrogen-bond acceptors (Lipinski definition) is 5. The van der Waals surface area contributed by atoms with E-state index in [4.69, 9.17) is 9.47 Å². The molecule has 8 nitrogen and oxygen atoms in total. The van der Waals surface area contributed by atoms with E-state index in [2.05, 4.69) is 24.1 Å². The molecule has 3 aliphatic rings. The Morgan fingerprint density at radius 1 is 1.14 bits per heavy atom. The van der Waals surface area contributed by atoms with Gasteiger partial charge < -0.3 is 24.3 Å². The van der Waals surface area contributed by atoms with Crippen molar-refractivity contribution in [3.8, 4) is 11.5 Å². The number of carbonyl (C=O) groups is 2. The predicted molar refractivity (Wildman–Crippen MR) is 135 cm³/mol. The average molecular weight is 489 g/mol. The number of fused-ring (bicyclic) bond motifs is 4. The van der Waals surface area contributed by atoms with Crippen molar-refractivity contribution in [2.75, 3.05) is 6.79 Å². The van der Waals surface area contributed by atoms with Crippen LogP contribution < -0.4 is 14.8 Å². The number of benzene rings is 2. The third-order valence-corrected chi connectivity index (χ3v) is 8.44. The molecule has 0 bridgehead atoms. The number of nitrogens with zero attached hydrogens (tertiary/aromatic N) is 3. The molecule has 1 N–H and O–H groups in total. The molecule has 1 aliphatic carbocycles. The van der Waals surface area contributed by atoms with Gasteiger partial charge in [-0.15, -0.1) is 0 Å². The van der Waals surface area contributed by atoms with Crippen LogP contribution in [0.25, 0.3) is 11.0 Å². The highest BCUT2D eigenvalue weighted by Gasteiger charge is 2.49. The number of rotatable bonds is 4. The SMILES string of the molecule is C[C@H]1[C@H](C)CCC[C@@H]1NC(=O)[C@@]1(C)Cn2c(nc3ccccc32)C(=O)N1Cc1ccc2c(c1)OCO2. The van der Waals surface area contributed by atoms with Crippen LogP contribution in [0.5, 0.6) is 11.5 Å². The molecule has 4 atom stereocenters. The third kappa shape index (κ3) is 3.62. The highest BCUT2D eigenvalue weighted by atomic mass is 16.7. The van der Waals surface area contributed by atoms with Crippen molar-refractivity contribution in [2.45, 2.75) is 64.7 Å². The zero-order valence-electron chi connectivity index (χ0n) is 21.0. The van der Waals surface area contributed by atoms with Crippen LogP contribution in [0.4, 0.5) is 0 Å². The molecule has 2 aliphatic heterocycles. The summed E-state index contributed by atoms with van der Waals surface area (Å²) < 4.78 is 12.9. The van der Waals surface area contributed by atoms with Crippen molar-refractivity contribution in [3.05, 3.63) is 53.9 Å². The van der Waals surface area contributed by atoms with E-state index in [0.29, 0.717) is 35.7 Å². The predicted octanol–water partition coefficient (Wildman–Crippen LogP) is 4.12. The van der Waals surface area contributed by atoms with Crippen LogP contribution in [0, 0.1) is 11.8 Å². The van der Waals surface area contributed by atoms with Crippen molar-refractivity contribution in [3.63, 3.8) is 0 Å². The van der Waals surface area contributed by atoms with Crippen molar-refractivity contribution in [1.82, 2.24) is 19.8 Å². The summed E-state index contributed by atoms with van der Waals surface area (Å²) in [7, 11) is 0. The molecule has 0 spiro atoms. The van der Waals surface area contributed by atoms with Crippen LogP contribution in [-0.4, -0.2) is 44.6 Å². The molecule has 2 aromatic carbocycles. The molecular weight excluding hydrogens is 456 g/mol. The third-order valence-electron chi connectivity index (χ3n) is 8.44. The number of imidazole rings is 1. The van der Waals surface area contributed by atoms with Gasteiger partial charge in [0.25, 0.3) is 5.91 Å². The Labute approximate surface area is 210 Å². The monoisotopic (exact) mass is 488 g/mol. The lowest BCUT2D eigenvalue weighted by Crippen LogP contribution is -2.65. The van der Waals surface area contributed by atoms with Crippen LogP contribution in [0.1, 0.15) is 56.2 Å². The maximum Gasteiger partial charge on any atom is 0.291 e. The number of amides is 2. The van der Waals surface area contributed by atoms with Gasteiger partial charge in [0.15, 0.2) is 17.3 Å². The minimum Gasteiger partial charge on any atom is -0.454 e. The largest absolute Gasteiger partial charge is 0.454 e. The second-order valence-electron chi connectivity index (χ2n) is 10.7. The van der Waals surface area contributed by atoms with Crippen LogP contribution in [0.2, 0.25) is 0 Å². The highest BCUT2D eigenvalue weighted by Crippen LogP contribution is 2.36. The maximum atomic E-state index is 14.1. The molecule has 2 amide bonds. The first-order valence-corrected chi connectivity index (χ1v) is 12.8. The van der Waals surface area contributed by atoms with Gasteiger partial charge in [-0.1, -0.05) is 44.9 Å². The Kier molecular flexibility index (Phi) is 5.43. The van der Waals surface area contributed by atoms with Crippen LogP contribution in [0.3, 0.4) is 0 Å². The van der Waals surface area contributed by atoms with Gasteiger partial charge >= 0.3 is 0 Å². The smallest absolute Gasteiger partial charge is 0.291 e. The topological polar surface area (TPSA) is 85.7 Å². The number of nitrogens with one attached hydrogen (secondary N) is 1. The van der Waals surface area contributed by atoms with E-state index in [1.807, 2.05) is 54.0 Å². The summed E-state index contributed by atoms with van der Waals surface area (Å²) in [6.45, 7) is 7.13. The fraction of sp³-hybridized carbons (Fsp3) is 0.464. The molecule has 0 unspecified atom stereocenters. The van der Waals surface area contributed by atoms with Gasteiger partial charge in [-0.2, -0.15) is 0 Å². The molecule has 1 aromatic heterocycles. The molecule has 0 saturated heterocycles. The number of carbonyl (C=O) groups excluding carboxylic acids is 2. The molecule has 1 saturated carbocycles. The van der Waals surface area contributed by atoms with Gasteiger partial charge in [0.2, 0.25) is 12.7 Å². The molecule has 188 valence electrons. The molecule has 1 fully saturated rings. The van der Waals surface area contributed by atoms with Gasteiger partial charge in [0.1, 0.15) is 5.54 Å². The standard InChI is InChI=1S/C28H32N4O4/c1-17-7-6-9-20(18(17)2)30-27(34)28(3)15-31-22-10-5-4-8-21(22)29-25(31)26(33)32(28)14-19-11-12-23-24(13-19)36-16-35-23/h4-5,8,10-13,17-18,20H,6-7,9,14-16H2,1-3H3,(H,30,34)/t17-,18+,20+,28-/m1/s1. The van der Waals surface area contributed by atoms with E-state index in [9.17, 15) is 9.59 Å². The van der Waals surface area contributed by atoms with Crippen molar-refractivity contribution < 1.29 is 19.1 Å². The van der Waals surface area contributed by atoms with E-state index >= 15 is 0 Å². The van der Waals surface area contributed by atoms with Gasteiger partial charge in [-0.25, -0.2) is 4.98 Å². The Hall–Kier alpha value is -3.55. The molecule has 3 heterocycles. The Balaban J connectivity index is 1.38. The highest BCUT2D eigenvalue weighted by molar-refractivity contribution is 6.01. The molecule has 6 rings (SSSR count). The maximum absolute atomic E-state index is 14.1. The summed E-state index contributed by atoms with van der Waals surface area (Å²) in [6.07, 6.45) is 3.25. The lowest BCUT2D eigenvalue weighted by atomic mass is 9.77. The number of ether oxygens (including phenoxy) is 2. The van der Waals surface area contributed by atoms with Gasteiger partial charge in [-0.3, -0.25) is 9.59 Å². The second kappa shape index (κ2) is 8.54. The van der Waals surface area contributed by atoms with Crippen molar-refractivity contribution in [1.29, 1.82) is 0 Å². The van der Waals surface area contributed by atoms with Crippen molar-refractivity contribution >= 4 is 22.8 Å². The number of para-hydroxylation sites is 2. The van der Waals surface area contributed by atoms with E-state index in [-0.39, 0.29) is 31.2 Å². The summed E-state index contributed by atoms with van der Waals surface area (Å²) in [5, 5.41) is 3.35. The lowest BCUT2D eigenvalue weighted by Gasteiger charge is -2.45. The molecule has 36 heavy (non-hydrogen) atoms. The van der Waals surface area contributed by atoms with Crippen molar-refractivity contribution in [2.24, 2.45) is 11.8 Å². The number of hydrogen-bond donors (Lipinski definition) is 1. The summed E-state index contributed by atoms with van der Waals surface area (Å²) in [6, 6.07) is 13.5. The summed E-state index contributed by atoms with van der Waals surface area (Å²) >= 11 is 0. The van der Waals surface area contributed by atoms with E-state index < -0.39 is 5.54 Å². The minimum atomic E-state index is -1.09. The summed E-state index contributed by atoms with van der Waals surface area (Å²) in [4.78, 5) is 34.3. The first kappa shape index (κ1) is 22.9. The van der Waals surface area contributed by atoms with Gasteiger partial charge in [0, 0.05) is 12.6 Å². The van der Waals surface area contributed by atoms with Gasteiger partial charge in [0.05, 0.1) is 17.6 Å². The molecule has 3 aromatic rings. The van der Waals surface area contributed by atoms with Crippen LogP contribution in [-0.2, 0) is 17.9 Å². The lowest BCUT2D eigenvalue weighted by molar-refractivity contribution is -0.134. The quantitative estimate of drug-likeness (QED) is 0.597. The molecular formula is C28H32N4O4. The number of aromatic nitrogens is 2. The Morgan fingerprint density at radius 3 is 2.81 bits per heavy atom. The van der Waals surface area contributed by atoms with E-state index in [0.717, 1.165) is 29.4 Å². The fourth-order valence-corrected chi connectivity index (χ4v) is 5.91. The summed E-state index contributed by atoms with van der Waals surface area (Å²) in [5.74, 6) is 2.27. The minimum absolute atomic E-state index is 0.0986. The normalized spacial score (nSPS) is 27.2. The molecule has 8 heteroatoms. The first-order chi connectivity index (χ1) is 17.3.